The summed E-state index contributed by atoms with van der Waals surface area (Å²) in [7, 11) is 2.00. The zero-order chi connectivity index (χ0) is 15.4. The summed E-state index contributed by atoms with van der Waals surface area (Å²) in [4.78, 5) is 0. The maximum atomic E-state index is 6.35. The molecule has 0 aliphatic rings. The maximum absolute atomic E-state index is 6.35. The molecule has 0 aliphatic carbocycles. The molecule has 2 aromatic rings. The van der Waals surface area contributed by atoms with Crippen molar-refractivity contribution in [1.82, 2.24) is 15.1 Å². The Morgan fingerprint density at radius 1 is 1.33 bits per heavy atom. The number of nitrogens with zero attached hydrogens (tertiary/aromatic N) is 2. The van der Waals surface area contributed by atoms with Gasteiger partial charge in [0.2, 0.25) is 0 Å². The molecule has 1 unspecified atom stereocenters. The number of aryl methyl sites for hydroxylation is 2. The molecule has 0 fully saturated rings. The van der Waals surface area contributed by atoms with Gasteiger partial charge in [0.25, 0.3) is 0 Å². The molecule has 3 nitrogen and oxygen atoms in total. The normalized spacial score (nSPS) is 12.6. The maximum Gasteiger partial charge on any atom is 0.0625 e. The summed E-state index contributed by atoms with van der Waals surface area (Å²) in [5, 5.41) is 8.88. The van der Waals surface area contributed by atoms with Crippen LogP contribution in [-0.4, -0.2) is 16.3 Å². The number of halogens is 2. The molecule has 5 heteroatoms. The van der Waals surface area contributed by atoms with E-state index < -0.39 is 0 Å². The highest BCUT2D eigenvalue weighted by molar-refractivity contribution is 9.10. The molecule has 0 saturated carbocycles. The van der Waals surface area contributed by atoms with Gasteiger partial charge in [-0.15, -0.1) is 0 Å². The van der Waals surface area contributed by atoms with Crippen molar-refractivity contribution < 1.29 is 0 Å². The van der Waals surface area contributed by atoms with E-state index in [4.69, 9.17) is 11.6 Å². The predicted octanol–water partition coefficient (Wildman–Crippen LogP) is 4.29. The van der Waals surface area contributed by atoms with Gasteiger partial charge in [0.15, 0.2) is 0 Å². The molecule has 21 heavy (non-hydrogen) atoms. The van der Waals surface area contributed by atoms with Gasteiger partial charge in [-0.2, -0.15) is 5.10 Å². The minimum atomic E-state index is 0.214. The van der Waals surface area contributed by atoms with Crippen molar-refractivity contribution in [2.75, 3.05) is 6.54 Å². The van der Waals surface area contributed by atoms with Gasteiger partial charge in [-0.3, -0.25) is 4.68 Å². The Morgan fingerprint density at radius 2 is 2.10 bits per heavy atom. The lowest BCUT2D eigenvalue weighted by Gasteiger charge is -2.19. The fraction of sp³-hybridized carbons (Fsp3) is 0.438. The third-order valence-corrected chi connectivity index (χ3v) is 4.42. The summed E-state index contributed by atoms with van der Waals surface area (Å²) < 4.78 is 2.98. The quantitative estimate of drug-likeness (QED) is 0.822. The molecular weight excluding hydrogens is 350 g/mol. The topological polar surface area (TPSA) is 29.9 Å². The Labute approximate surface area is 139 Å². The second-order valence-corrected chi connectivity index (χ2v) is 6.41. The summed E-state index contributed by atoms with van der Waals surface area (Å²) in [6, 6.07) is 8.45. The van der Waals surface area contributed by atoms with Crippen molar-refractivity contribution in [2.24, 2.45) is 7.05 Å². The van der Waals surface area contributed by atoms with Crippen molar-refractivity contribution in [3.05, 3.63) is 50.7 Å². The number of hydrogen-bond donors (Lipinski definition) is 1. The highest BCUT2D eigenvalue weighted by Gasteiger charge is 2.17. The van der Waals surface area contributed by atoms with E-state index in [1.54, 1.807) is 0 Å². The number of benzene rings is 1. The van der Waals surface area contributed by atoms with Crippen LogP contribution in [0.5, 0.6) is 0 Å². The highest BCUT2D eigenvalue weighted by Crippen LogP contribution is 2.26. The van der Waals surface area contributed by atoms with Crippen LogP contribution in [0.1, 0.15) is 36.8 Å². The van der Waals surface area contributed by atoms with Gasteiger partial charge >= 0.3 is 0 Å². The van der Waals surface area contributed by atoms with Crippen LogP contribution in [0.4, 0.5) is 0 Å². The Bertz CT molecular complexity index is 610. The Hall–Kier alpha value is -0.840. The molecule has 0 saturated heterocycles. The zero-order valence-corrected chi connectivity index (χ0v) is 15.0. The number of hydrogen-bond acceptors (Lipinski definition) is 2. The van der Waals surface area contributed by atoms with E-state index >= 15 is 0 Å². The zero-order valence-electron chi connectivity index (χ0n) is 12.7. The standard InChI is InChI=1S/C16H21BrClN3/c1-4-13-10-16(21(3)20-13)15(19-5-2)8-11-6-7-12(17)9-14(11)18/h6-7,9-10,15,19H,4-5,8H2,1-3H3. The van der Waals surface area contributed by atoms with Crippen molar-refractivity contribution >= 4 is 27.5 Å². The number of aromatic nitrogens is 2. The summed E-state index contributed by atoms with van der Waals surface area (Å²) in [6.45, 7) is 5.15. The van der Waals surface area contributed by atoms with Crippen LogP contribution in [-0.2, 0) is 19.9 Å². The van der Waals surface area contributed by atoms with E-state index in [0.717, 1.165) is 40.1 Å². The Morgan fingerprint density at radius 3 is 2.67 bits per heavy atom. The molecular formula is C16H21BrClN3. The van der Waals surface area contributed by atoms with Gasteiger partial charge < -0.3 is 5.32 Å². The Balaban J connectivity index is 2.28. The van der Waals surface area contributed by atoms with Crippen LogP contribution < -0.4 is 5.32 Å². The molecule has 1 atom stereocenters. The first-order chi connectivity index (χ1) is 10.0. The van der Waals surface area contributed by atoms with Crippen molar-refractivity contribution in [2.45, 2.75) is 32.7 Å². The van der Waals surface area contributed by atoms with E-state index in [9.17, 15) is 0 Å². The average molecular weight is 371 g/mol. The molecule has 0 bridgehead atoms. The van der Waals surface area contributed by atoms with Crippen LogP contribution in [0.25, 0.3) is 0 Å². The second kappa shape index (κ2) is 7.43. The van der Waals surface area contributed by atoms with E-state index in [1.807, 2.05) is 23.9 Å². The van der Waals surface area contributed by atoms with Crippen LogP contribution in [0, 0.1) is 0 Å². The smallest absolute Gasteiger partial charge is 0.0625 e. The van der Waals surface area contributed by atoms with Crippen LogP contribution >= 0.6 is 27.5 Å². The lowest BCUT2D eigenvalue weighted by Crippen LogP contribution is -2.25. The minimum absolute atomic E-state index is 0.214. The lowest BCUT2D eigenvalue weighted by atomic mass is 10.0. The molecule has 114 valence electrons. The fourth-order valence-electron chi connectivity index (χ4n) is 2.48. The first-order valence-electron chi connectivity index (χ1n) is 7.25. The molecule has 0 spiro atoms. The summed E-state index contributed by atoms with van der Waals surface area (Å²) in [5.74, 6) is 0. The lowest BCUT2D eigenvalue weighted by molar-refractivity contribution is 0.507. The van der Waals surface area contributed by atoms with Gasteiger partial charge in [0.05, 0.1) is 17.4 Å². The molecule has 1 heterocycles. The Kier molecular flexibility index (Phi) is 5.85. The van der Waals surface area contributed by atoms with Gasteiger partial charge in [0.1, 0.15) is 0 Å². The minimum Gasteiger partial charge on any atom is -0.309 e. The molecule has 1 aromatic heterocycles. The fourth-order valence-corrected chi connectivity index (χ4v) is 3.23. The molecule has 0 radical (unpaired) electrons. The summed E-state index contributed by atoms with van der Waals surface area (Å²) in [6.07, 6.45) is 1.80. The summed E-state index contributed by atoms with van der Waals surface area (Å²) in [5.41, 5.74) is 3.47. The molecule has 1 aromatic carbocycles. The number of rotatable bonds is 6. The van der Waals surface area contributed by atoms with Gasteiger partial charge in [-0.1, -0.05) is 47.4 Å². The van der Waals surface area contributed by atoms with E-state index in [0.29, 0.717) is 0 Å². The van der Waals surface area contributed by atoms with Gasteiger partial charge in [-0.25, -0.2) is 0 Å². The van der Waals surface area contributed by atoms with Crippen LogP contribution in [0.2, 0.25) is 5.02 Å². The largest absolute Gasteiger partial charge is 0.309 e. The number of likely N-dealkylation sites (N-methyl/N-ethyl adjacent to an activating group) is 1. The van der Waals surface area contributed by atoms with E-state index in [1.165, 1.54) is 5.69 Å². The molecule has 0 aliphatic heterocycles. The first kappa shape index (κ1) is 16.5. The third kappa shape index (κ3) is 4.09. The van der Waals surface area contributed by atoms with Crippen LogP contribution in [0.15, 0.2) is 28.7 Å². The molecule has 2 rings (SSSR count). The third-order valence-electron chi connectivity index (χ3n) is 3.58. The highest BCUT2D eigenvalue weighted by atomic mass is 79.9. The van der Waals surface area contributed by atoms with E-state index in [2.05, 4.69) is 52.3 Å². The molecule has 0 amide bonds. The molecule has 1 N–H and O–H groups in total. The van der Waals surface area contributed by atoms with Gasteiger partial charge in [0, 0.05) is 16.5 Å². The summed E-state index contributed by atoms with van der Waals surface area (Å²) >= 11 is 9.80. The monoisotopic (exact) mass is 369 g/mol. The van der Waals surface area contributed by atoms with E-state index in [-0.39, 0.29) is 6.04 Å². The first-order valence-corrected chi connectivity index (χ1v) is 8.42. The predicted molar refractivity (Wildman–Crippen MR) is 91.9 cm³/mol. The average Bonchev–Trinajstić information content (AvgIpc) is 2.82. The number of nitrogens with one attached hydrogen (secondary N) is 1. The second-order valence-electron chi connectivity index (χ2n) is 5.09. The SMILES string of the molecule is CCNC(Cc1ccc(Br)cc1Cl)c1cc(CC)nn1C. The van der Waals surface area contributed by atoms with Crippen molar-refractivity contribution in [1.29, 1.82) is 0 Å². The van der Waals surface area contributed by atoms with Crippen LogP contribution in [0.3, 0.4) is 0 Å². The van der Waals surface area contributed by atoms with Crippen molar-refractivity contribution in [3.8, 4) is 0 Å². The van der Waals surface area contributed by atoms with Gasteiger partial charge in [-0.05, 0) is 43.1 Å². The van der Waals surface area contributed by atoms with Crippen molar-refractivity contribution in [3.63, 3.8) is 0 Å².